The minimum absolute atomic E-state index is 0. The van der Waals surface area contributed by atoms with E-state index in [1.165, 1.54) is 44.9 Å². The Hall–Kier alpha value is -1.31. The van der Waals surface area contributed by atoms with Crippen molar-refractivity contribution < 1.29 is 4.79 Å². The molecular weight excluding hydrogens is 427 g/mol. The molecule has 1 saturated carbocycles. The van der Waals surface area contributed by atoms with E-state index in [1.54, 1.807) is 13.1 Å². The van der Waals surface area contributed by atoms with Crippen LogP contribution < -0.4 is 16.4 Å². The molecule has 2 rings (SSSR count). The van der Waals surface area contributed by atoms with Crippen molar-refractivity contribution >= 4 is 35.8 Å². The van der Waals surface area contributed by atoms with Crippen LogP contribution in [-0.4, -0.2) is 25.5 Å². The van der Waals surface area contributed by atoms with Gasteiger partial charge in [-0.25, -0.2) is 0 Å². The number of nitrogens with zero attached hydrogens (tertiary/aromatic N) is 1. The zero-order valence-corrected chi connectivity index (χ0v) is 17.4. The van der Waals surface area contributed by atoms with Crippen LogP contribution in [0.3, 0.4) is 0 Å². The van der Waals surface area contributed by atoms with Gasteiger partial charge < -0.3 is 16.4 Å². The third kappa shape index (κ3) is 8.07. The van der Waals surface area contributed by atoms with Crippen LogP contribution in [0.4, 0.5) is 0 Å². The first kappa shape index (κ1) is 21.7. The highest BCUT2D eigenvalue weighted by Crippen LogP contribution is 2.28. The summed E-state index contributed by atoms with van der Waals surface area (Å²) in [7, 11) is 1.77. The highest BCUT2D eigenvalue weighted by atomic mass is 127. The predicted molar refractivity (Wildman–Crippen MR) is 114 cm³/mol. The van der Waals surface area contributed by atoms with Gasteiger partial charge in [0.05, 0.1) is 0 Å². The molecule has 1 aromatic rings. The van der Waals surface area contributed by atoms with E-state index in [9.17, 15) is 4.79 Å². The van der Waals surface area contributed by atoms with Crippen LogP contribution in [0.5, 0.6) is 0 Å². The minimum Gasteiger partial charge on any atom is -0.366 e. The number of primary amides is 1. The molecule has 1 fully saturated rings. The van der Waals surface area contributed by atoms with E-state index in [1.807, 2.05) is 18.2 Å². The molecule has 0 bridgehead atoms. The first-order valence-corrected chi connectivity index (χ1v) is 9.02. The van der Waals surface area contributed by atoms with E-state index in [-0.39, 0.29) is 24.0 Å². The van der Waals surface area contributed by atoms with Crippen LogP contribution in [0.15, 0.2) is 29.3 Å². The fourth-order valence-corrected chi connectivity index (χ4v) is 3.30. The van der Waals surface area contributed by atoms with Gasteiger partial charge in [-0.05, 0) is 30.0 Å². The summed E-state index contributed by atoms with van der Waals surface area (Å²) in [5.74, 6) is 1.36. The summed E-state index contributed by atoms with van der Waals surface area (Å²) in [4.78, 5) is 15.4. The second-order valence-electron chi connectivity index (χ2n) is 6.56. The molecule has 0 saturated heterocycles. The number of carbonyl (C=O) groups excluding carboxylic acids is 1. The summed E-state index contributed by atoms with van der Waals surface area (Å²) >= 11 is 0. The molecule has 25 heavy (non-hydrogen) atoms. The Morgan fingerprint density at radius 1 is 1.24 bits per heavy atom. The summed E-state index contributed by atoms with van der Waals surface area (Å²) in [6.45, 7) is 1.55. The van der Waals surface area contributed by atoms with Crippen LogP contribution in [0, 0.1) is 5.92 Å². The van der Waals surface area contributed by atoms with Crippen molar-refractivity contribution in [3.8, 4) is 0 Å². The summed E-state index contributed by atoms with van der Waals surface area (Å²) in [6, 6.07) is 7.35. The maximum Gasteiger partial charge on any atom is 0.248 e. The molecule has 0 radical (unpaired) electrons. The maximum atomic E-state index is 11.2. The van der Waals surface area contributed by atoms with Crippen LogP contribution in [0.25, 0.3) is 0 Å². The third-order valence-corrected chi connectivity index (χ3v) is 4.70. The van der Waals surface area contributed by atoms with Gasteiger partial charge in [0.15, 0.2) is 5.96 Å². The molecule has 1 aromatic carbocycles. The van der Waals surface area contributed by atoms with Crippen molar-refractivity contribution in [3.63, 3.8) is 0 Å². The van der Waals surface area contributed by atoms with E-state index in [2.05, 4.69) is 15.6 Å². The van der Waals surface area contributed by atoms with Crippen molar-refractivity contribution in [2.45, 2.75) is 51.5 Å². The topological polar surface area (TPSA) is 79.5 Å². The minimum atomic E-state index is -0.401. The molecule has 0 atom stereocenters. The van der Waals surface area contributed by atoms with Gasteiger partial charge in [0.25, 0.3) is 0 Å². The lowest BCUT2D eigenvalue weighted by molar-refractivity contribution is 0.1000. The molecule has 0 heterocycles. The van der Waals surface area contributed by atoms with Gasteiger partial charge >= 0.3 is 0 Å². The number of amides is 1. The Labute approximate surface area is 168 Å². The van der Waals surface area contributed by atoms with Gasteiger partial charge in [0.1, 0.15) is 0 Å². The molecule has 0 aliphatic heterocycles. The number of halogens is 1. The van der Waals surface area contributed by atoms with Gasteiger partial charge in [-0.15, -0.1) is 24.0 Å². The van der Waals surface area contributed by atoms with E-state index in [4.69, 9.17) is 5.73 Å². The number of guanidine groups is 1. The zero-order chi connectivity index (χ0) is 17.2. The van der Waals surface area contributed by atoms with Crippen molar-refractivity contribution in [3.05, 3.63) is 35.4 Å². The number of nitrogens with two attached hydrogens (primary N) is 1. The third-order valence-electron chi connectivity index (χ3n) is 4.70. The average Bonchev–Trinajstić information content (AvgIpc) is 3.11. The second-order valence-corrected chi connectivity index (χ2v) is 6.56. The molecule has 140 valence electrons. The largest absolute Gasteiger partial charge is 0.366 e. The first-order valence-electron chi connectivity index (χ1n) is 9.02. The lowest BCUT2D eigenvalue weighted by atomic mass is 10.0. The standard InChI is InChI=1S/C19H30N4O.HI/c1-21-19(22-12-5-4-9-15-7-2-3-8-15)23-14-16-10-6-11-17(13-16)18(20)24;/h6,10-11,13,15H,2-5,7-9,12,14H2,1H3,(H2,20,24)(H2,21,22,23);1H. The molecule has 5 nitrogen and oxygen atoms in total. The van der Waals surface area contributed by atoms with Crippen molar-refractivity contribution in [2.24, 2.45) is 16.6 Å². The molecular formula is C19H31IN4O. The smallest absolute Gasteiger partial charge is 0.248 e. The first-order chi connectivity index (χ1) is 11.7. The second kappa shape index (κ2) is 12.1. The normalized spacial score (nSPS) is 14.8. The van der Waals surface area contributed by atoms with E-state index in [0.717, 1.165) is 24.0 Å². The summed E-state index contributed by atoms with van der Waals surface area (Å²) < 4.78 is 0. The Balaban J connectivity index is 0.00000312. The molecule has 0 unspecified atom stereocenters. The monoisotopic (exact) mass is 458 g/mol. The number of hydrogen-bond acceptors (Lipinski definition) is 2. The summed E-state index contributed by atoms with van der Waals surface area (Å²) in [6.07, 6.45) is 9.55. The van der Waals surface area contributed by atoms with Crippen LogP contribution in [0.2, 0.25) is 0 Å². The Kier molecular flexibility index (Phi) is 10.5. The maximum absolute atomic E-state index is 11.2. The van der Waals surface area contributed by atoms with Gasteiger partial charge in [-0.2, -0.15) is 0 Å². The van der Waals surface area contributed by atoms with Gasteiger partial charge in [-0.1, -0.05) is 50.7 Å². The van der Waals surface area contributed by atoms with Gasteiger partial charge in [0.2, 0.25) is 5.91 Å². The van der Waals surface area contributed by atoms with Crippen LogP contribution in [0.1, 0.15) is 60.9 Å². The van der Waals surface area contributed by atoms with E-state index >= 15 is 0 Å². The number of aliphatic imine (C=N–C) groups is 1. The van der Waals surface area contributed by atoms with E-state index < -0.39 is 5.91 Å². The molecule has 4 N–H and O–H groups in total. The van der Waals surface area contributed by atoms with Crippen molar-refractivity contribution in [1.82, 2.24) is 10.6 Å². The number of benzene rings is 1. The highest BCUT2D eigenvalue weighted by Gasteiger charge is 2.13. The molecule has 1 amide bonds. The fraction of sp³-hybridized carbons (Fsp3) is 0.579. The molecule has 0 aromatic heterocycles. The molecule has 1 aliphatic rings. The Bertz CT molecular complexity index is 556. The number of unbranched alkanes of at least 4 members (excludes halogenated alkanes) is 1. The molecule has 1 aliphatic carbocycles. The number of nitrogens with one attached hydrogen (secondary N) is 2. The number of rotatable bonds is 8. The lowest BCUT2D eigenvalue weighted by Gasteiger charge is -2.13. The van der Waals surface area contributed by atoms with Crippen molar-refractivity contribution in [2.75, 3.05) is 13.6 Å². The predicted octanol–water partition coefficient (Wildman–Crippen LogP) is 3.43. The number of carbonyl (C=O) groups is 1. The SMILES string of the molecule is CN=C(NCCCCC1CCCC1)NCc1cccc(C(N)=O)c1.I. The fourth-order valence-electron chi connectivity index (χ4n) is 3.30. The summed E-state index contributed by atoms with van der Waals surface area (Å²) in [5, 5.41) is 6.62. The Morgan fingerprint density at radius 2 is 2.00 bits per heavy atom. The quantitative estimate of drug-likeness (QED) is 0.242. The van der Waals surface area contributed by atoms with Gasteiger partial charge in [-0.3, -0.25) is 9.79 Å². The van der Waals surface area contributed by atoms with Crippen LogP contribution >= 0.6 is 24.0 Å². The Morgan fingerprint density at radius 3 is 2.68 bits per heavy atom. The average molecular weight is 458 g/mol. The van der Waals surface area contributed by atoms with E-state index in [0.29, 0.717) is 12.1 Å². The lowest BCUT2D eigenvalue weighted by Crippen LogP contribution is -2.37. The van der Waals surface area contributed by atoms with Gasteiger partial charge in [0, 0.05) is 25.7 Å². The van der Waals surface area contributed by atoms with Crippen molar-refractivity contribution in [1.29, 1.82) is 0 Å². The highest BCUT2D eigenvalue weighted by molar-refractivity contribution is 14.0. The van der Waals surface area contributed by atoms with Crippen LogP contribution in [-0.2, 0) is 6.54 Å². The molecule has 6 heteroatoms. The molecule has 0 spiro atoms. The summed E-state index contributed by atoms with van der Waals surface area (Å²) in [5.41, 5.74) is 6.85. The zero-order valence-electron chi connectivity index (χ0n) is 15.1. The number of hydrogen-bond donors (Lipinski definition) is 3.